The summed E-state index contributed by atoms with van der Waals surface area (Å²) in [6.07, 6.45) is 19.2. The lowest BCUT2D eigenvalue weighted by atomic mass is 9.78. The first-order valence-electron chi connectivity index (χ1n) is 23.9. The van der Waals surface area contributed by atoms with E-state index >= 15 is 0 Å². The van der Waals surface area contributed by atoms with Gasteiger partial charge in [0, 0.05) is 58.0 Å². The minimum Gasteiger partial charge on any atom is -0.399 e. The molecule has 0 atom stereocenters. The number of aryl methyl sites for hydroxylation is 4. The SMILES string of the molecule is Brc1c(-c2ccn(C3CCC3)n2)nc2n1CCC2.Cn1cnc2ccc(-c3c(-c4ccn(C5CCC5)n4)nc4n3CCC4)cc2c1=O.Cn1cnc2ccc(B3OC(C)(C)C(C)(C)O3)cc2c1=O. The first kappa shape index (κ1) is 44.5. The van der Waals surface area contributed by atoms with Crippen molar-refractivity contribution in [3.63, 3.8) is 0 Å². The fourth-order valence-corrected chi connectivity index (χ4v) is 10.3. The lowest BCUT2D eigenvalue weighted by Gasteiger charge is -2.32. The van der Waals surface area contributed by atoms with Gasteiger partial charge in [0.25, 0.3) is 11.1 Å². The van der Waals surface area contributed by atoms with Crippen LogP contribution in [0.2, 0.25) is 0 Å². The molecule has 3 aliphatic heterocycles. The Morgan fingerprint density at radius 2 is 1.16 bits per heavy atom. The van der Waals surface area contributed by atoms with Crippen LogP contribution in [0.1, 0.15) is 103 Å². The molecule has 6 aromatic heterocycles. The monoisotopic (exact) mass is 978 g/mol. The van der Waals surface area contributed by atoms with Crippen LogP contribution in [0.15, 0.2) is 87.8 Å². The van der Waals surface area contributed by atoms with E-state index in [-0.39, 0.29) is 11.1 Å². The number of halogens is 1. The molecule has 16 nitrogen and oxygen atoms in total. The highest BCUT2D eigenvalue weighted by Gasteiger charge is 2.51. The average molecular weight is 980 g/mol. The molecule has 2 aliphatic carbocycles. The molecule has 0 radical (unpaired) electrons. The van der Waals surface area contributed by atoms with Crippen molar-refractivity contribution in [2.45, 2.75) is 128 Å². The van der Waals surface area contributed by atoms with Crippen LogP contribution in [0.5, 0.6) is 0 Å². The van der Waals surface area contributed by atoms with E-state index in [2.05, 4.69) is 74.0 Å². The number of aromatic nitrogens is 12. The molecule has 350 valence electrons. The van der Waals surface area contributed by atoms with Gasteiger partial charge in [-0.05, 0) is 137 Å². The molecule has 8 aromatic rings. The van der Waals surface area contributed by atoms with E-state index < -0.39 is 18.3 Å². The summed E-state index contributed by atoms with van der Waals surface area (Å²) in [7, 11) is 2.96. The Hall–Kier alpha value is -5.98. The second-order valence-corrected chi connectivity index (χ2v) is 20.6. The van der Waals surface area contributed by atoms with Gasteiger partial charge in [0.05, 0.1) is 63.4 Å². The Balaban J connectivity index is 0.000000116. The molecule has 0 N–H and O–H groups in total. The number of benzene rings is 2. The van der Waals surface area contributed by atoms with Crippen LogP contribution in [0, 0.1) is 0 Å². The number of rotatable bonds is 6. The summed E-state index contributed by atoms with van der Waals surface area (Å²) in [4.78, 5) is 43.1. The van der Waals surface area contributed by atoms with Gasteiger partial charge in [0.2, 0.25) is 0 Å². The maximum atomic E-state index is 12.6. The summed E-state index contributed by atoms with van der Waals surface area (Å²) in [5.74, 6) is 2.29. The standard InChI is InChI=1S/C22H22N6O.C15H19BN2O3.C13H15BrN4/c1-26-13-23-17-8-7-14(12-16(17)22(26)29)21-20(24-19-6-3-10-27(19)21)18-9-11-28(25-18)15-4-2-5-15;1-14(2)15(3,4)21-16(20-14)10-6-7-12-11(8-10)13(19)18(5)9-17-12;14-13-12(15-11-5-2-7-17(11)13)10-6-8-18(16-10)9-3-1-4-9/h7-9,11-13,15H,2-6,10H2,1H3;6-9H,1-5H3;6,8-9H,1-5,7H2. The number of nitrogens with zero attached hydrogens (tertiary/aromatic N) is 12. The number of hydrogen-bond donors (Lipinski definition) is 0. The Bertz CT molecular complexity index is 3340. The maximum Gasteiger partial charge on any atom is 0.494 e. The van der Waals surface area contributed by atoms with Crippen LogP contribution in [0.4, 0.5) is 0 Å². The van der Waals surface area contributed by atoms with E-state index in [4.69, 9.17) is 24.4 Å². The molecule has 0 spiro atoms. The highest BCUT2D eigenvalue weighted by molar-refractivity contribution is 9.10. The van der Waals surface area contributed by atoms with Crippen molar-refractivity contribution in [2.75, 3.05) is 0 Å². The smallest absolute Gasteiger partial charge is 0.399 e. The van der Waals surface area contributed by atoms with E-state index in [9.17, 15) is 9.59 Å². The molecule has 2 saturated carbocycles. The van der Waals surface area contributed by atoms with Crippen molar-refractivity contribution in [2.24, 2.45) is 14.1 Å². The van der Waals surface area contributed by atoms with Crippen molar-refractivity contribution >= 4 is 50.3 Å². The minimum absolute atomic E-state index is 0.0335. The fourth-order valence-electron chi connectivity index (χ4n) is 9.60. The second kappa shape index (κ2) is 17.2. The number of hydrogen-bond acceptors (Lipinski definition) is 10. The first-order valence-corrected chi connectivity index (χ1v) is 24.7. The molecule has 2 aromatic carbocycles. The average Bonchev–Trinajstić information content (AvgIpc) is 4.15. The molecular formula is C50H56BBrN12O4. The normalized spacial score (nSPS) is 18.2. The van der Waals surface area contributed by atoms with Gasteiger partial charge in [0.1, 0.15) is 39.0 Å². The van der Waals surface area contributed by atoms with Crippen molar-refractivity contribution in [1.82, 2.24) is 57.8 Å². The van der Waals surface area contributed by atoms with Gasteiger partial charge in [-0.1, -0.05) is 12.1 Å². The maximum absolute atomic E-state index is 12.6. The zero-order valence-corrected chi connectivity index (χ0v) is 41.1. The summed E-state index contributed by atoms with van der Waals surface area (Å²) in [5, 5.41) is 10.8. The van der Waals surface area contributed by atoms with Gasteiger partial charge in [-0.25, -0.2) is 19.9 Å². The van der Waals surface area contributed by atoms with Crippen LogP contribution < -0.4 is 16.6 Å². The number of fused-ring (bicyclic) bond motifs is 4. The predicted molar refractivity (Wildman–Crippen MR) is 266 cm³/mol. The molecule has 1 saturated heterocycles. The van der Waals surface area contributed by atoms with E-state index in [1.54, 1.807) is 20.4 Å². The van der Waals surface area contributed by atoms with Crippen LogP contribution in [-0.4, -0.2) is 76.1 Å². The molecule has 9 heterocycles. The Labute approximate surface area is 402 Å². The van der Waals surface area contributed by atoms with Gasteiger partial charge >= 0.3 is 7.12 Å². The van der Waals surface area contributed by atoms with Crippen LogP contribution in [-0.2, 0) is 49.3 Å². The molecule has 3 fully saturated rings. The van der Waals surface area contributed by atoms with Crippen LogP contribution in [0.25, 0.3) is 55.8 Å². The molecule has 68 heavy (non-hydrogen) atoms. The largest absolute Gasteiger partial charge is 0.494 e. The van der Waals surface area contributed by atoms with Crippen LogP contribution >= 0.6 is 15.9 Å². The highest BCUT2D eigenvalue weighted by atomic mass is 79.9. The van der Waals surface area contributed by atoms with Gasteiger partial charge in [0.15, 0.2) is 0 Å². The summed E-state index contributed by atoms with van der Waals surface area (Å²) >= 11 is 3.67. The Morgan fingerprint density at radius 3 is 1.72 bits per heavy atom. The molecule has 0 unspecified atom stereocenters. The zero-order valence-electron chi connectivity index (χ0n) is 39.5. The minimum atomic E-state index is -0.468. The lowest BCUT2D eigenvalue weighted by Crippen LogP contribution is -2.41. The lowest BCUT2D eigenvalue weighted by molar-refractivity contribution is 0.00578. The summed E-state index contributed by atoms with van der Waals surface area (Å²) in [5.41, 5.74) is 7.22. The molecule has 0 bridgehead atoms. The quantitative estimate of drug-likeness (QED) is 0.151. The van der Waals surface area contributed by atoms with Crippen LogP contribution in [0.3, 0.4) is 0 Å². The molecule has 5 aliphatic rings. The van der Waals surface area contributed by atoms with Gasteiger partial charge in [-0.2, -0.15) is 10.2 Å². The molecule has 18 heteroatoms. The van der Waals surface area contributed by atoms with E-state index in [1.807, 2.05) is 64.1 Å². The third-order valence-corrected chi connectivity index (χ3v) is 15.7. The highest BCUT2D eigenvalue weighted by Crippen LogP contribution is 2.39. The molecular weight excluding hydrogens is 923 g/mol. The van der Waals surface area contributed by atoms with Gasteiger partial charge in [-0.3, -0.25) is 19.0 Å². The van der Waals surface area contributed by atoms with E-state index in [0.717, 1.165) is 82.3 Å². The van der Waals surface area contributed by atoms with E-state index in [1.165, 1.54) is 66.2 Å². The third-order valence-electron chi connectivity index (χ3n) is 14.9. The second-order valence-electron chi connectivity index (χ2n) is 19.9. The third kappa shape index (κ3) is 7.87. The zero-order chi connectivity index (χ0) is 47.1. The Kier molecular flexibility index (Phi) is 11.3. The van der Waals surface area contributed by atoms with Crippen molar-refractivity contribution < 1.29 is 9.31 Å². The number of imidazole rings is 2. The molecule has 0 amide bonds. The van der Waals surface area contributed by atoms with Crippen molar-refractivity contribution in [3.05, 3.63) is 111 Å². The van der Waals surface area contributed by atoms with Crippen molar-refractivity contribution in [3.8, 4) is 34.0 Å². The first-order chi connectivity index (χ1) is 32.7. The summed E-state index contributed by atoms with van der Waals surface area (Å²) < 4.78 is 24.9. The van der Waals surface area contributed by atoms with Gasteiger partial charge < -0.3 is 27.6 Å². The van der Waals surface area contributed by atoms with E-state index in [0.29, 0.717) is 33.9 Å². The van der Waals surface area contributed by atoms with Crippen molar-refractivity contribution in [1.29, 1.82) is 0 Å². The fraction of sp³-hybridized carbons (Fsp3) is 0.440. The predicted octanol–water partition coefficient (Wildman–Crippen LogP) is 7.74. The topological polar surface area (TPSA) is 160 Å². The summed E-state index contributed by atoms with van der Waals surface area (Å²) in [6, 6.07) is 16.8. The summed E-state index contributed by atoms with van der Waals surface area (Å²) in [6.45, 7) is 10.1. The molecule has 13 rings (SSSR count). The Morgan fingerprint density at radius 1 is 0.647 bits per heavy atom. The van der Waals surface area contributed by atoms with Gasteiger partial charge in [-0.15, -0.1) is 0 Å².